The standard InChI is InChI=1S/C24H33N5O5/c25-16-8-12-28(13-9-16)11-3-15-34-14-2-10-26-18-5-1-4-17-21(18)24(33)29(23(17)32)19-6-7-20(30)27-22(19)31/h1,4-5,16,19,26H,2-3,6-15,25H2,(H,27,30,31). The second-order valence-corrected chi connectivity index (χ2v) is 9.10. The minimum absolute atomic E-state index is 0.0983. The Morgan fingerprint density at radius 2 is 1.79 bits per heavy atom. The molecule has 0 aliphatic carbocycles. The highest BCUT2D eigenvalue weighted by Gasteiger charge is 2.45. The third-order valence-electron chi connectivity index (χ3n) is 6.64. The molecule has 10 heteroatoms. The third-order valence-corrected chi connectivity index (χ3v) is 6.64. The molecule has 34 heavy (non-hydrogen) atoms. The summed E-state index contributed by atoms with van der Waals surface area (Å²) in [5.41, 5.74) is 7.05. The Bertz CT molecular complexity index is 944. The Hall–Kier alpha value is -2.82. The highest BCUT2D eigenvalue weighted by molar-refractivity contribution is 6.25. The number of carbonyl (C=O) groups excluding carboxylic acids is 4. The van der Waals surface area contributed by atoms with Crippen LogP contribution in [0.2, 0.25) is 0 Å². The lowest BCUT2D eigenvalue weighted by molar-refractivity contribution is -0.136. The average Bonchev–Trinajstić information content (AvgIpc) is 3.07. The summed E-state index contributed by atoms with van der Waals surface area (Å²) in [5, 5.41) is 5.44. The highest BCUT2D eigenvalue weighted by Crippen LogP contribution is 2.32. The Labute approximate surface area is 199 Å². The van der Waals surface area contributed by atoms with E-state index in [-0.39, 0.29) is 24.0 Å². The molecule has 1 aromatic rings. The molecule has 4 amide bonds. The van der Waals surface area contributed by atoms with Crippen LogP contribution in [0.4, 0.5) is 5.69 Å². The molecule has 4 N–H and O–H groups in total. The van der Waals surface area contributed by atoms with Gasteiger partial charge in [0.25, 0.3) is 11.8 Å². The molecule has 3 aliphatic rings. The van der Waals surface area contributed by atoms with Crippen molar-refractivity contribution in [1.82, 2.24) is 15.1 Å². The zero-order valence-corrected chi connectivity index (χ0v) is 19.4. The zero-order chi connectivity index (χ0) is 24.1. The molecule has 184 valence electrons. The first-order valence-corrected chi connectivity index (χ1v) is 12.1. The molecule has 2 saturated heterocycles. The first-order valence-electron chi connectivity index (χ1n) is 12.1. The number of piperidine rings is 2. The molecule has 3 aliphatic heterocycles. The van der Waals surface area contributed by atoms with Crippen LogP contribution in [0.15, 0.2) is 18.2 Å². The first-order chi connectivity index (χ1) is 16.5. The van der Waals surface area contributed by atoms with Crippen LogP contribution in [0.1, 0.15) is 59.2 Å². The van der Waals surface area contributed by atoms with E-state index in [0.717, 1.165) is 50.2 Å². The van der Waals surface area contributed by atoms with E-state index >= 15 is 0 Å². The number of nitrogens with one attached hydrogen (secondary N) is 2. The number of nitrogens with zero attached hydrogens (tertiary/aromatic N) is 2. The van der Waals surface area contributed by atoms with Gasteiger partial charge < -0.3 is 20.7 Å². The zero-order valence-electron chi connectivity index (χ0n) is 19.4. The maximum Gasteiger partial charge on any atom is 0.264 e. The van der Waals surface area contributed by atoms with E-state index in [2.05, 4.69) is 15.5 Å². The molecule has 0 bridgehead atoms. The number of ether oxygens (including phenoxy) is 1. The Balaban J connectivity index is 1.22. The van der Waals surface area contributed by atoms with Gasteiger partial charge in [-0.25, -0.2) is 0 Å². The van der Waals surface area contributed by atoms with Crippen molar-refractivity contribution in [3.8, 4) is 0 Å². The van der Waals surface area contributed by atoms with Crippen LogP contribution in [0.5, 0.6) is 0 Å². The number of carbonyl (C=O) groups is 4. The van der Waals surface area contributed by atoms with Gasteiger partial charge in [0.1, 0.15) is 6.04 Å². The molecule has 4 rings (SSSR count). The Kier molecular flexibility index (Phi) is 7.91. The van der Waals surface area contributed by atoms with E-state index in [1.807, 2.05) is 0 Å². The lowest BCUT2D eigenvalue weighted by Gasteiger charge is -2.29. The fraction of sp³-hybridized carbons (Fsp3) is 0.583. The number of fused-ring (bicyclic) bond motifs is 1. The van der Waals surface area contributed by atoms with E-state index in [4.69, 9.17) is 10.5 Å². The van der Waals surface area contributed by atoms with Crippen LogP contribution in [0.25, 0.3) is 0 Å². The minimum Gasteiger partial charge on any atom is -0.384 e. The van der Waals surface area contributed by atoms with E-state index in [1.165, 1.54) is 0 Å². The smallest absolute Gasteiger partial charge is 0.264 e. The van der Waals surface area contributed by atoms with Crippen LogP contribution in [-0.4, -0.2) is 84.9 Å². The third kappa shape index (κ3) is 5.45. The predicted molar refractivity (Wildman–Crippen MR) is 125 cm³/mol. The molecule has 0 spiro atoms. The summed E-state index contributed by atoms with van der Waals surface area (Å²) < 4.78 is 5.74. The quantitative estimate of drug-likeness (QED) is 0.336. The lowest BCUT2D eigenvalue weighted by atomic mass is 10.0. The highest BCUT2D eigenvalue weighted by atomic mass is 16.5. The maximum absolute atomic E-state index is 13.1. The molecule has 1 aromatic carbocycles. The van der Waals surface area contributed by atoms with Gasteiger partial charge in [-0.05, 0) is 57.3 Å². The summed E-state index contributed by atoms with van der Waals surface area (Å²) in [4.78, 5) is 53.0. The van der Waals surface area contributed by atoms with Crippen molar-refractivity contribution >= 4 is 29.3 Å². The molecule has 1 atom stereocenters. The van der Waals surface area contributed by atoms with Crippen molar-refractivity contribution in [2.75, 3.05) is 44.7 Å². The number of rotatable bonds is 10. The van der Waals surface area contributed by atoms with Crippen molar-refractivity contribution in [2.24, 2.45) is 5.73 Å². The van der Waals surface area contributed by atoms with Crippen LogP contribution in [0.3, 0.4) is 0 Å². The molecule has 1 unspecified atom stereocenters. The van der Waals surface area contributed by atoms with Gasteiger partial charge in [-0.15, -0.1) is 0 Å². The predicted octanol–water partition coefficient (Wildman–Crippen LogP) is 0.720. The number of anilines is 1. The number of likely N-dealkylation sites (tertiary alicyclic amines) is 1. The van der Waals surface area contributed by atoms with Crippen molar-refractivity contribution in [3.05, 3.63) is 29.3 Å². The second kappa shape index (κ2) is 11.1. The summed E-state index contributed by atoms with van der Waals surface area (Å²) in [5.74, 6) is -2.01. The lowest BCUT2D eigenvalue weighted by Crippen LogP contribution is -2.54. The second-order valence-electron chi connectivity index (χ2n) is 9.10. The van der Waals surface area contributed by atoms with Crippen LogP contribution in [0, 0.1) is 0 Å². The summed E-state index contributed by atoms with van der Waals surface area (Å²) in [6.45, 7) is 5.05. The van der Waals surface area contributed by atoms with Gasteiger partial charge in [-0.1, -0.05) is 6.07 Å². The van der Waals surface area contributed by atoms with Gasteiger partial charge in [0, 0.05) is 44.5 Å². The van der Waals surface area contributed by atoms with Crippen LogP contribution < -0.4 is 16.4 Å². The van der Waals surface area contributed by atoms with Crippen molar-refractivity contribution in [2.45, 2.75) is 50.6 Å². The average molecular weight is 472 g/mol. The van der Waals surface area contributed by atoms with Gasteiger partial charge in [-0.3, -0.25) is 29.4 Å². The molecular formula is C24H33N5O5. The summed E-state index contributed by atoms with van der Waals surface area (Å²) in [6, 6.07) is 4.44. The molecule has 0 aromatic heterocycles. The largest absolute Gasteiger partial charge is 0.384 e. The molecule has 2 fully saturated rings. The van der Waals surface area contributed by atoms with E-state index in [1.54, 1.807) is 18.2 Å². The summed E-state index contributed by atoms with van der Waals surface area (Å²) >= 11 is 0. The molecular weight excluding hydrogens is 438 g/mol. The van der Waals surface area contributed by atoms with E-state index in [9.17, 15) is 19.2 Å². The number of hydrogen-bond acceptors (Lipinski definition) is 8. The van der Waals surface area contributed by atoms with Gasteiger partial charge in [-0.2, -0.15) is 0 Å². The Morgan fingerprint density at radius 3 is 2.56 bits per heavy atom. The summed E-state index contributed by atoms with van der Waals surface area (Å²) in [7, 11) is 0. The van der Waals surface area contributed by atoms with Crippen molar-refractivity contribution in [3.63, 3.8) is 0 Å². The molecule has 10 nitrogen and oxygen atoms in total. The van der Waals surface area contributed by atoms with Gasteiger partial charge >= 0.3 is 0 Å². The normalized spacial score (nSPS) is 21.7. The van der Waals surface area contributed by atoms with Crippen LogP contribution in [-0.2, 0) is 14.3 Å². The van der Waals surface area contributed by atoms with Crippen molar-refractivity contribution < 1.29 is 23.9 Å². The fourth-order valence-electron chi connectivity index (χ4n) is 4.73. The van der Waals surface area contributed by atoms with Gasteiger partial charge in [0.05, 0.1) is 11.1 Å². The fourth-order valence-corrected chi connectivity index (χ4v) is 4.73. The number of amides is 4. The number of hydrogen-bond donors (Lipinski definition) is 3. The number of imide groups is 2. The number of nitrogens with two attached hydrogens (primary N) is 1. The van der Waals surface area contributed by atoms with E-state index < -0.39 is 29.7 Å². The van der Waals surface area contributed by atoms with Crippen molar-refractivity contribution in [1.29, 1.82) is 0 Å². The van der Waals surface area contributed by atoms with Gasteiger partial charge in [0.15, 0.2) is 0 Å². The monoisotopic (exact) mass is 471 g/mol. The van der Waals surface area contributed by atoms with Crippen LogP contribution >= 0.6 is 0 Å². The molecule has 0 radical (unpaired) electrons. The summed E-state index contributed by atoms with van der Waals surface area (Å²) in [6.07, 6.45) is 4.11. The Morgan fingerprint density at radius 1 is 1.03 bits per heavy atom. The maximum atomic E-state index is 13.1. The topological polar surface area (TPSA) is 134 Å². The molecule has 0 saturated carbocycles. The van der Waals surface area contributed by atoms with Gasteiger partial charge in [0.2, 0.25) is 11.8 Å². The SMILES string of the molecule is NC1CCN(CCCOCCCNc2cccc3c2C(=O)N(C2CCC(=O)NC2=O)C3=O)CC1. The minimum atomic E-state index is -0.965. The first kappa shape index (κ1) is 24.3. The molecule has 3 heterocycles. The number of benzene rings is 1. The van der Waals surface area contributed by atoms with E-state index in [0.29, 0.717) is 31.5 Å².